The van der Waals surface area contributed by atoms with E-state index >= 15 is 0 Å². The average molecular weight is 241 g/mol. The van der Waals surface area contributed by atoms with Crippen molar-refractivity contribution in [3.05, 3.63) is 0 Å². The van der Waals surface area contributed by atoms with Gasteiger partial charge in [0.2, 0.25) is 0 Å². The topological polar surface area (TPSA) is 38.7 Å². The van der Waals surface area contributed by atoms with Crippen LogP contribution in [-0.2, 0) is 0 Å². The van der Waals surface area contributed by atoms with Crippen LogP contribution in [0.1, 0.15) is 26.7 Å². The first-order valence-electron chi connectivity index (χ1n) is 6.93. The molecule has 0 aliphatic carbocycles. The molecule has 4 heteroatoms. The van der Waals surface area contributed by atoms with Gasteiger partial charge in [-0.15, -0.1) is 0 Å². The minimum Gasteiger partial charge on any atom is -0.389 e. The van der Waals surface area contributed by atoms with Crippen LogP contribution in [0.2, 0.25) is 0 Å². The molecule has 0 unspecified atom stereocenters. The highest BCUT2D eigenvalue weighted by Crippen LogP contribution is 2.11. The highest BCUT2D eigenvalue weighted by Gasteiger charge is 2.24. The average Bonchev–Trinajstić information content (AvgIpc) is 2.71. The van der Waals surface area contributed by atoms with E-state index in [0.717, 1.165) is 38.8 Å². The molecular weight excluding hydrogens is 214 g/mol. The fourth-order valence-corrected chi connectivity index (χ4v) is 2.90. The van der Waals surface area contributed by atoms with E-state index in [9.17, 15) is 5.11 Å². The van der Waals surface area contributed by atoms with Gasteiger partial charge in [0.25, 0.3) is 0 Å². The second-order valence-corrected chi connectivity index (χ2v) is 6.18. The van der Waals surface area contributed by atoms with Crippen LogP contribution < -0.4 is 5.32 Å². The Hall–Kier alpha value is -0.160. The van der Waals surface area contributed by atoms with Crippen LogP contribution in [0.25, 0.3) is 0 Å². The molecule has 0 amide bonds. The molecule has 2 rings (SSSR count). The van der Waals surface area contributed by atoms with E-state index < -0.39 is 5.60 Å². The molecule has 0 saturated carbocycles. The third-order valence-corrected chi connectivity index (χ3v) is 3.72. The molecule has 17 heavy (non-hydrogen) atoms. The molecule has 4 nitrogen and oxygen atoms in total. The molecule has 0 aromatic heterocycles. The number of piperazine rings is 1. The van der Waals surface area contributed by atoms with Crippen molar-refractivity contribution in [1.29, 1.82) is 0 Å². The number of aliphatic hydroxyl groups is 1. The molecular formula is C13H27N3O. The second-order valence-electron chi connectivity index (χ2n) is 6.18. The molecule has 2 saturated heterocycles. The van der Waals surface area contributed by atoms with Gasteiger partial charge in [-0.25, -0.2) is 0 Å². The quantitative estimate of drug-likeness (QED) is 0.734. The van der Waals surface area contributed by atoms with Crippen molar-refractivity contribution in [1.82, 2.24) is 15.1 Å². The SMILES string of the molecule is CC(C)(O)CN1CCN(C[C@@H]2CCCN2)CC1. The molecule has 0 aromatic carbocycles. The number of nitrogens with one attached hydrogen (secondary N) is 1. The molecule has 0 radical (unpaired) electrons. The van der Waals surface area contributed by atoms with E-state index in [1.54, 1.807) is 0 Å². The molecule has 2 heterocycles. The number of nitrogens with zero attached hydrogens (tertiary/aromatic N) is 2. The van der Waals surface area contributed by atoms with E-state index in [4.69, 9.17) is 0 Å². The normalized spacial score (nSPS) is 28.8. The lowest BCUT2D eigenvalue weighted by molar-refractivity contribution is 0.0168. The maximum atomic E-state index is 9.80. The summed E-state index contributed by atoms with van der Waals surface area (Å²) in [5.74, 6) is 0. The summed E-state index contributed by atoms with van der Waals surface area (Å²) >= 11 is 0. The summed E-state index contributed by atoms with van der Waals surface area (Å²) in [5.41, 5.74) is -0.560. The Labute approximate surface area is 105 Å². The van der Waals surface area contributed by atoms with Crippen molar-refractivity contribution in [3.63, 3.8) is 0 Å². The van der Waals surface area contributed by atoms with Crippen LogP contribution in [0.4, 0.5) is 0 Å². The number of β-amino-alcohol motifs (C(OH)–C–C–N with tert-alkyl or cyclic N) is 1. The summed E-state index contributed by atoms with van der Waals surface area (Å²) in [4.78, 5) is 4.93. The van der Waals surface area contributed by atoms with Crippen LogP contribution in [0.15, 0.2) is 0 Å². The zero-order valence-corrected chi connectivity index (χ0v) is 11.3. The first-order valence-corrected chi connectivity index (χ1v) is 6.93. The molecule has 2 N–H and O–H groups in total. The van der Waals surface area contributed by atoms with E-state index in [-0.39, 0.29) is 0 Å². The fourth-order valence-electron chi connectivity index (χ4n) is 2.90. The van der Waals surface area contributed by atoms with Gasteiger partial charge in [0, 0.05) is 45.3 Å². The van der Waals surface area contributed by atoms with Crippen molar-refractivity contribution in [3.8, 4) is 0 Å². The maximum Gasteiger partial charge on any atom is 0.0718 e. The molecule has 2 fully saturated rings. The van der Waals surface area contributed by atoms with Crippen molar-refractivity contribution in [2.45, 2.75) is 38.3 Å². The lowest BCUT2D eigenvalue weighted by Crippen LogP contribution is -2.52. The van der Waals surface area contributed by atoms with E-state index in [1.807, 2.05) is 13.8 Å². The summed E-state index contributed by atoms with van der Waals surface area (Å²) in [5, 5.41) is 13.4. The Morgan fingerprint density at radius 2 is 1.82 bits per heavy atom. The summed E-state index contributed by atoms with van der Waals surface area (Å²) in [6, 6.07) is 0.718. The zero-order chi connectivity index (χ0) is 12.3. The monoisotopic (exact) mass is 241 g/mol. The first-order chi connectivity index (χ1) is 8.03. The van der Waals surface area contributed by atoms with E-state index in [2.05, 4.69) is 15.1 Å². The molecule has 2 aliphatic heterocycles. The number of hydrogen-bond acceptors (Lipinski definition) is 4. The van der Waals surface area contributed by atoms with E-state index in [0.29, 0.717) is 0 Å². The minimum atomic E-state index is -0.560. The highest BCUT2D eigenvalue weighted by molar-refractivity contribution is 4.82. The Bertz CT molecular complexity index is 225. The number of rotatable bonds is 4. The van der Waals surface area contributed by atoms with Crippen LogP contribution >= 0.6 is 0 Å². The van der Waals surface area contributed by atoms with Gasteiger partial charge in [-0.2, -0.15) is 0 Å². The van der Waals surface area contributed by atoms with E-state index in [1.165, 1.54) is 25.9 Å². The van der Waals surface area contributed by atoms with Gasteiger partial charge in [0.15, 0.2) is 0 Å². The zero-order valence-electron chi connectivity index (χ0n) is 11.3. The fraction of sp³-hybridized carbons (Fsp3) is 1.00. The highest BCUT2D eigenvalue weighted by atomic mass is 16.3. The third kappa shape index (κ3) is 4.54. The summed E-state index contributed by atoms with van der Waals surface area (Å²) in [6.07, 6.45) is 2.67. The standard InChI is InChI=1S/C13H27N3O/c1-13(2,17)11-16-8-6-15(7-9-16)10-12-4-3-5-14-12/h12,14,17H,3-11H2,1-2H3/t12-/m0/s1. The second kappa shape index (κ2) is 5.65. The lowest BCUT2D eigenvalue weighted by atomic mass is 10.1. The van der Waals surface area contributed by atoms with Crippen LogP contribution in [0, 0.1) is 0 Å². The van der Waals surface area contributed by atoms with Gasteiger partial charge in [-0.1, -0.05) is 0 Å². The predicted octanol–water partition coefficient (Wildman–Crippen LogP) is 0.127. The Kier molecular flexibility index (Phi) is 4.42. The van der Waals surface area contributed by atoms with Crippen molar-refractivity contribution in [2.75, 3.05) is 45.8 Å². The van der Waals surface area contributed by atoms with Crippen molar-refractivity contribution >= 4 is 0 Å². The van der Waals surface area contributed by atoms with Crippen LogP contribution in [-0.4, -0.2) is 72.4 Å². The summed E-state index contributed by atoms with van der Waals surface area (Å²) < 4.78 is 0. The van der Waals surface area contributed by atoms with Crippen LogP contribution in [0.5, 0.6) is 0 Å². The molecule has 0 bridgehead atoms. The lowest BCUT2D eigenvalue weighted by Gasteiger charge is -2.38. The Morgan fingerprint density at radius 3 is 2.35 bits per heavy atom. The Balaban J connectivity index is 1.67. The van der Waals surface area contributed by atoms with Crippen molar-refractivity contribution in [2.24, 2.45) is 0 Å². The van der Waals surface area contributed by atoms with Gasteiger partial charge in [0.05, 0.1) is 5.60 Å². The summed E-state index contributed by atoms with van der Waals surface area (Å²) in [6.45, 7) is 11.5. The van der Waals surface area contributed by atoms with Gasteiger partial charge in [-0.05, 0) is 33.2 Å². The van der Waals surface area contributed by atoms with Crippen molar-refractivity contribution < 1.29 is 5.11 Å². The van der Waals surface area contributed by atoms with Gasteiger partial charge >= 0.3 is 0 Å². The molecule has 1 atom stereocenters. The first kappa shape index (κ1) is 13.3. The van der Waals surface area contributed by atoms with Gasteiger partial charge in [-0.3, -0.25) is 9.80 Å². The Morgan fingerprint density at radius 1 is 1.18 bits per heavy atom. The molecule has 2 aliphatic rings. The van der Waals surface area contributed by atoms with Gasteiger partial charge < -0.3 is 10.4 Å². The minimum absolute atomic E-state index is 0.560. The smallest absolute Gasteiger partial charge is 0.0718 e. The molecule has 100 valence electrons. The third-order valence-electron chi connectivity index (χ3n) is 3.72. The van der Waals surface area contributed by atoms with Crippen LogP contribution in [0.3, 0.4) is 0 Å². The summed E-state index contributed by atoms with van der Waals surface area (Å²) in [7, 11) is 0. The van der Waals surface area contributed by atoms with Gasteiger partial charge in [0.1, 0.15) is 0 Å². The largest absolute Gasteiger partial charge is 0.389 e. The predicted molar refractivity (Wildman–Crippen MR) is 70.2 cm³/mol. The maximum absolute atomic E-state index is 9.80. The number of hydrogen-bond donors (Lipinski definition) is 2. The molecule has 0 spiro atoms. The molecule has 0 aromatic rings.